The van der Waals surface area contributed by atoms with Crippen molar-refractivity contribution < 1.29 is 14.3 Å². The van der Waals surface area contributed by atoms with Crippen molar-refractivity contribution in [1.29, 1.82) is 0 Å². The Kier molecular flexibility index (Phi) is 1.45. The van der Waals surface area contributed by atoms with Gasteiger partial charge in [0.15, 0.2) is 5.78 Å². The minimum Gasteiger partial charge on any atom is -0.461 e. The minimum absolute atomic E-state index is 0.0364. The summed E-state index contributed by atoms with van der Waals surface area (Å²) in [4.78, 5) is 22.1. The van der Waals surface area contributed by atoms with E-state index >= 15 is 0 Å². The molecule has 0 aromatic rings. The number of ether oxygens (including phenoxy) is 1. The first-order valence-corrected chi connectivity index (χ1v) is 4.60. The van der Waals surface area contributed by atoms with Gasteiger partial charge in [-0.05, 0) is 6.92 Å². The van der Waals surface area contributed by atoms with Gasteiger partial charge in [0.2, 0.25) is 0 Å². The van der Waals surface area contributed by atoms with Crippen LogP contribution >= 0.6 is 11.8 Å². The van der Waals surface area contributed by atoms with Crippen molar-refractivity contribution in [3.63, 3.8) is 0 Å². The van der Waals surface area contributed by atoms with Crippen LogP contribution in [0.2, 0.25) is 0 Å². The fourth-order valence-corrected chi connectivity index (χ4v) is 2.86. The maximum absolute atomic E-state index is 11.1. The van der Waals surface area contributed by atoms with Crippen molar-refractivity contribution in [2.24, 2.45) is 5.92 Å². The zero-order valence-corrected chi connectivity index (χ0v) is 6.89. The van der Waals surface area contributed by atoms with E-state index in [0.717, 1.165) is 0 Å². The van der Waals surface area contributed by atoms with E-state index in [1.807, 2.05) is 6.92 Å². The van der Waals surface area contributed by atoms with Crippen molar-refractivity contribution in [3.05, 3.63) is 0 Å². The molecule has 60 valence electrons. The molecule has 11 heavy (non-hydrogen) atoms. The number of hydrogen-bond donors (Lipinski definition) is 0. The molecule has 2 saturated heterocycles. The summed E-state index contributed by atoms with van der Waals surface area (Å²) in [7, 11) is 0. The first-order valence-electron chi connectivity index (χ1n) is 3.55. The highest BCUT2D eigenvalue weighted by Gasteiger charge is 2.50. The third-order valence-electron chi connectivity index (χ3n) is 2.11. The molecule has 2 fully saturated rings. The summed E-state index contributed by atoms with van der Waals surface area (Å²) in [6, 6.07) is 0. The van der Waals surface area contributed by atoms with Crippen LogP contribution in [-0.4, -0.2) is 28.9 Å². The summed E-state index contributed by atoms with van der Waals surface area (Å²) in [6.45, 7) is 1.84. The van der Waals surface area contributed by atoms with Crippen LogP contribution in [0.25, 0.3) is 0 Å². The van der Waals surface area contributed by atoms with Gasteiger partial charge in [0.1, 0.15) is 12.0 Å². The van der Waals surface area contributed by atoms with Gasteiger partial charge in [-0.25, -0.2) is 0 Å². The topological polar surface area (TPSA) is 43.4 Å². The van der Waals surface area contributed by atoms with Crippen molar-refractivity contribution in [3.8, 4) is 0 Å². The van der Waals surface area contributed by atoms with Gasteiger partial charge >= 0.3 is 5.97 Å². The fourth-order valence-electron chi connectivity index (χ4n) is 1.54. The van der Waals surface area contributed by atoms with Gasteiger partial charge in [-0.15, -0.1) is 11.8 Å². The lowest BCUT2D eigenvalue weighted by Crippen LogP contribution is -2.22. The van der Waals surface area contributed by atoms with Crippen LogP contribution in [0.5, 0.6) is 0 Å². The largest absolute Gasteiger partial charge is 0.461 e. The van der Waals surface area contributed by atoms with Gasteiger partial charge < -0.3 is 4.74 Å². The Morgan fingerprint density at radius 1 is 1.55 bits per heavy atom. The van der Waals surface area contributed by atoms with Gasteiger partial charge in [-0.1, -0.05) is 0 Å². The molecule has 2 heterocycles. The predicted molar refractivity (Wildman–Crippen MR) is 40.3 cm³/mol. The van der Waals surface area contributed by atoms with Gasteiger partial charge in [0.25, 0.3) is 0 Å². The van der Waals surface area contributed by atoms with Crippen LogP contribution in [0.1, 0.15) is 6.92 Å². The van der Waals surface area contributed by atoms with Crippen LogP contribution in [0.15, 0.2) is 0 Å². The monoisotopic (exact) mass is 172 g/mol. The zero-order valence-electron chi connectivity index (χ0n) is 6.07. The molecule has 3 nitrogen and oxygen atoms in total. The summed E-state index contributed by atoms with van der Waals surface area (Å²) < 4.78 is 4.92. The van der Waals surface area contributed by atoms with E-state index < -0.39 is 5.92 Å². The third-order valence-corrected chi connectivity index (χ3v) is 3.60. The maximum Gasteiger partial charge on any atom is 0.318 e. The number of cyclic esters (lactones) is 1. The molecule has 0 N–H and O–H groups in total. The van der Waals surface area contributed by atoms with Gasteiger partial charge in [0.05, 0.1) is 11.0 Å². The quantitative estimate of drug-likeness (QED) is 0.387. The predicted octanol–water partition coefficient (Wildman–Crippen LogP) is 0.232. The Labute approximate surface area is 68.5 Å². The van der Waals surface area contributed by atoms with Gasteiger partial charge in [-0.2, -0.15) is 0 Å². The Morgan fingerprint density at radius 3 is 2.91 bits per heavy atom. The van der Waals surface area contributed by atoms with Crippen molar-refractivity contribution >= 4 is 23.5 Å². The summed E-state index contributed by atoms with van der Waals surface area (Å²) in [5.74, 6) is -0.253. The van der Waals surface area contributed by atoms with E-state index in [4.69, 9.17) is 4.74 Å². The highest BCUT2D eigenvalue weighted by Crippen LogP contribution is 2.38. The highest BCUT2D eigenvalue weighted by molar-refractivity contribution is 8.01. The standard InChI is InChI=1S/C7H8O3S/c1-3-6-5(7(9)10-3)4(8)2-11-6/h3,5-6H,2H2,1H3. The van der Waals surface area contributed by atoms with Crippen molar-refractivity contribution in [2.75, 3.05) is 5.75 Å². The zero-order chi connectivity index (χ0) is 8.01. The second-order valence-electron chi connectivity index (χ2n) is 2.86. The third kappa shape index (κ3) is 0.888. The molecule has 0 aliphatic carbocycles. The highest BCUT2D eigenvalue weighted by atomic mass is 32.2. The van der Waals surface area contributed by atoms with Crippen LogP contribution in [-0.2, 0) is 14.3 Å². The number of thioether (sulfide) groups is 1. The molecule has 0 saturated carbocycles. The van der Waals surface area contributed by atoms with Crippen LogP contribution < -0.4 is 0 Å². The summed E-state index contributed by atoms with van der Waals surface area (Å²) in [5.41, 5.74) is 0. The number of fused-ring (bicyclic) bond motifs is 1. The fraction of sp³-hybridized carbons (Fsp3) is 0.714. The molecule has 3 unspecified atom stereocenters. The number of Topliss-reactive ketones (excluding diaryl/α,β-unsaturated/α-hetero) is 1. The molecule has 0 radical (unpaired) electrons. The van der Waals surface area contributed by atoms with Gasteiger partial charge in [0, 0.05) is 0 Å². The van der Waals surface area contributed by atoms with E-state index in [0.29, 0.717) is 5.75 Å². The molecular weight excluding hydrogens is 164 g/mol. The number of carbonyl (C=O) groups excluding carboxylic acids is 2. The first-order chi connectivity index (χ1) is 5.20. The summed E-state index contributed by atoms with van der Waals surface area (Å²) in [6.07, 6.45) is -0.0797. The Bertz CT molecular complexity index is 226. The van der Waals surface area contributed by atoms with Crippen LogP contribution in [0, 0.1) is 5.92 Å². The van der Waals surface area contributed by atoms with E-state index in [-0.39, 0.29) is 23.1 Å². The van der Waals surface area contributed by atoms with Crippen LogP contribution in [0.4, 0.5) is 0 Å². The molecular formula is C7H8O3S. The molecule has 3 atom stereocenters. The average Bonchev–Trinajstić information content (AvgIpc) is 2.41. The SMILES string of the molecule is CC1OC(=O)C2C(=O)CSC12. The van der Waals surface area contributed by atoms with Crippen molar-refractivity contribution in [1.82, 2.24) is 0 Å². The lowest BCUT2D eigenvalue weighted by atomic mass is 10.0. The number of carbonyl (C=O) groups is 2. The molecule has 0 bridgehead atoms. The lowest BCUT2D eigenvalue weighted by molar-refractivity contribution is -0.145. The number of ketones is 1. The number of rotatable bonds is 0. The molecule has 2 aliphatic rings. The average molecular weight is 172 g/mol. The minimum atomic E-state index is -0.449. The Hall–Kier alpha value is -0.510. The molecule has 0 aromatic heterocycles. The second-order valence-corrected chi connectivity index (χ2v) is 4.03. The Balaban J connectivity index is 2.28. The normalized spacial score (nSPS) is 42.5. The smallest absolute Gasteiger partial charge is 0.318 e. The van der Waals surface area contributed by atoms with Crippen LogP contribution in [0.3, 0.4) is 0 Å². The van der Waals surface area contributed by atoms with E-state index in [2.05, 4.69) is 0 Å². The Morgan fingerprint density at radius 2 is 2.27 bits per heavy atom. The molecule has 0 spiro atoms. The molecule has 4 heteroatoms. The number of hydrogen-bond acceptors (Lipinski definition) is 4. The molecule has 0 amide bonds. The number of esters is 1. The summed E-state index contributed by atoms with van der Waals surface area (Å²) >= 11 is 1.54. The lowest BCUT2D eigenvalue weighted by Gasteiger charge is -2.06. The summed E-state index contributed by atoms with van der Waals surface area (Å²) in [5, 5.41) is 0.0926. The van der Waals surface area contributed by atoms with Gasteiger partial charge in [-0.3, -0.25) is 9.59 Å². The molecule has 2 rings (SSSR count). The van der Waals surface area contributed by atoms with Crippen molar-refractivity contribution in [2.45, 2.75) is 18.3 Å². The maximum atomic E-state index is 11.1. The van der Waals surface area contributed by atoms with E-state index in [1.165, 1.54) is 11.8 Å². The first kappa shape index (κ1) is 7.16. The second kappa shape index (κ2) is 2.24. The molecule has 0 aromatic carbocycles. The van der Waals surface area contributed by atoms with E-state index in [9.17, 15) is 9.59 Å². The molecule has 2 aliphatic heterocycles. The van der Waals surface area contributed by atoms with E-state index in [1.54, 1.807) is 0 Å².